The molecule has 0 aliphatic heterocycles. The number of esters is 1. The van der Waals surface area contributed by atoms with Gasteiger partial charge in [0.25, 0.3) is 0 Å². The number of carbonyl (C=O) groups excluding carboxylic acids is 1. The molecule has 0 atom stereocenters. The number of alkyl halides is 3. The first-order valence-electron chi connectivity index (χ1n) is 12.4. The Morgan fingerprint density at radius 2 is 1.67 bits per heavy atom. The fourth-order valence-electron chi connectivity index (χ4n) is 3.78. The Morgan fingerprint density at radius 3 is 2.33 bits per heavy atom. The maximum Gasteiger partial charge on any atom is 0.416 e. The lowest BCUT2D eigenvalue weighted by Crippen LogP contribution is -2.15. The van der Waals surface area contributed by atoms with E-state index in [1.54, 1.807) is 24.3 Å². The van der Waals surface area contributed by atoms with Crippen LogP contribution in [0.4, 0.5) is 17.6 Å². The zero-order valence-corrected chi connectivity index (χ0v) is 23.2. The summed E-state index contributed by atoms with van der Waals surface area (Å²) in [6.45, 7) is 1.28. The predicted molar refractivity (Wildman–Crippen MR) is 147 cm³/mol. The van der Waals surface area contributed by atoms with E-state index in [4.69, 9.17) is 23.9 Å². The third-order valence-electron chi connectivity index (χ3n) is 5.75. The highest BCUT2D eigenvalue weighted by atomic mass is 19.4. The minimum atomic E-state index is -4.49. The van der Waals surface area contributed by atoms with Gasteiger partial charge < -0.3 is 23.9 Å². The molecule has 12 heteroatoms. The molecule has 3 aromatic rings. The summed E-state index contributed by atoms with van der Waals surface area (Å²) in [7, 11) is 3.94. The lowest BCUT2D eigenvalue weighted by Gasteiger charge is -2.12. The van der Waals surface area contributed by atoms with Crippen LogP contribution in [0.5, 0.6) is 5.75 Å². The number of halogens is 4. The average Bonchev–Trinajstić information content (AvgIpc) is 2.97. The lowest BCUT2D eigenvalue weighted by molar-refractivity contribution is -0.137. The number of ether oxygens (including phenoxy) is 3. The Hall–Kier alpha value is -4.87. The van der Waals surface area contributed by atoms with E-state index < -0.39 is 23.5 Å². The Balaban J connectivity index is 1.75. The van der Waals surface area contributed by atoms with E-state index in [0.717, 1.165) is 18.2 Å². The largest absolute Gasteiger partial charge is 0.503 e. The smallest absolute Gasteiger partial charge is 0.416 e. The molecule has 42 heavy (non-hydrogen) atoms. The second-order valence-electron chi connectivity index (χ2n) is 8.62. The lowest BCUT2D eigenvalue weighted by atomic mass is 10.0. The zero-order chi connectivity index (χ0) is 30.7. The molecule has 3 rings (SSSR count). The average molecular weight is 589 g/mol. The highest BCUT2D eigenvalue weighted by molar-refractivity contribution is 6.47. The standard InChI is InChI=1S/C30H28F4N2O6/c1-19(35-42-17-21-9-5-6-11-24(21)26(18-38-2)29(37)39-3)28(36-40-4)25-13-12-23(15-27(25)31)41-16-20-8-7-10-22(14-20)30(32,33)34/h5-15,18H,16-17H2,1-4H3/b26-18+,35-19+,36-28+. The molecule has 3 aromatic carbocycles. The molecule has 0 aliphatic rings. The van der Waals surface area contributed by atoms with Crippen LogP contribution in [0.2, 0.25) is 0 Å². The second-order valence-corrected chi connectivity index (χ2v) is 8.62. The molecule has 0 heterocycles. The van der Waals surface area contributed by atoms with E-state index in [9.17, 15) is 18.0 Å². The van der Waals surface area contributed by atoms with Gasteiger partial charge in [-0.15, -0.1) is 0 Å². The summed E-state index contributed by atoms with van der Waals surface area (Å²) in [6.07, 6.45) is -3.22. The van der Waals surface area contributed by atoms with Crippen LogP contribution in [0.25, 0.3) is 5.57 Å². The number of carbonyl (C=O) groups is 1. The van der Waals surface area contributed by atoms with Gasteiger partial charge in [-0.1, -0.05) is 46.7 Å². The van der Waals surface area contributed by atoms with Gasteiger partial charge in [-0.05, 0) is 42.3 Å². The van der Waals surface area contributed by atoms with E-state index in [2.05, 4.69) is 10.3 Å². The van der Waals surface area contributed by atoms with Crippen molar-refractivity contribution in [2.75, 3.05) is 21.3 Å². The maximum absolute atomic E-state index is 15.1. The van der Waals surface area contributed by atoms with Gasteiger partial charge in [-0.25, -0.2) is 9.18 Å². The summed E-state index contributed by atoms with van der Waals surface area (Å²) in [5.74, 6) is -1.24. The normalized spacial score (nSPS) is 12.5. The monoisotopic (exact) mass is 588 g/mol. The maximum atomic E-state index is 15.1. The molecule has 0 saturated carbocycles. The third kappa shape index (κ3) is 8.32. The van der Waals surface area contributed by atoms with E-state index in [-0.39, 0.29) is 47.1 Å². The van der Waals surface area contributed by atoms with Crippen molar-refractivity contribution in [2.45, 2.75) is 26.3 Å². The molecule has 0 fully saturated rings. The van der Waals surface area contributed by atoms with Gasteiger partial charge >= 0.3 is 12.1 Å². The van der Waals surface area contributed by atoms with Gasteiger partial charge in [0.05, 0.1) is 26.0 Å². The van der Waals surface area contributed by atoms with E-state index in [1.807, 2.05) is 0 Å². The second kappa shape index (κ2) is 14.7. The highest BCUT2D eigenvalue weighted by Crippen LogP contribution is 2.30. The molecular weight excluding hydrogens is 560 g/mol. The minimum Gasteiger partial charge on any atom is -0.503 e. The molecule has 0 amide bonds. The molecule has 0 aromatic heterocycles. The van der Waals surface area contributed by atoms with Crippen LogP contribution in [-0.4, -0.2) is 38.7 Å². The van der Waals surface area contributed by atoms with Crippen LogP contribution in [0.3, 0.4) is 0 Å². The van der Waals surface area contributed by atoms with Crippen LogP contribution in [-0.2, 0) is 43.3 Å². The molecule has 0 aliphatic carbocycles. The fourth-order valence-corrected chi connectivity index (χ4v) is 3.78. The van der Waals surface area contributed by atoms with Gasteiger partial charge in [0.2, 0.25) is 0 Å². The van der Waals surface area contributed by atoms with Gasteiger partial charge in [-0.2, -0.15) is 13.2 Å². The summed E-state index contributed by atoms with van der Waals surface area (Å²) >= 11 is 0. The molecule has 0 radical (unpaired) electrons. The summed E-state index contributed by atoms with van der Waals surface area (Å²) in [6, 6.07) is 15.5. The molecule has 0 spiro atoms. The van der Waals surface area contributed by atoms with Crippen LogP contribution >= 0.6 is 0 Å². The van der Waals surface area contributed by atoms with Gasteiger partial charge in [0.15, 0.2) is 0 Å². The van der Waals surface area contributed by atoms with Crippen LogP contribution in [0.15, 0.2) is 83.3 Å². The molecule has 0 unspecified atom stereocenters. The molecule has 8 nitrogen and oxygen atoms in total. The highest BCUT2D eigenvalue weighted by Gasteiger charge is 2.30. The van der Waals surface area contributed by atoms with Gasteiger partial charge in [-0.3, -0.25) is 0 Å². The number of hydrogen-bond donors (Lipinski definition) is 0. The quantitative estimate of drug-likeness (QED) is 0.0598. The summed E-state index contributed by atoms with van der Waals surface area (Å²) < 4.78 is 69.4. The number of rotatable bonds is 12. The van der Waals surface area contributed by atoms with Crippen LogP contribution < -0.4 is 4.74 Å². The SMILES string of the molecule is CO/C=C(/C(=O)OC)c1ccccc1CO/N=C(C)/C(=N\OC)c1ccc(OCc2cccc(C(F)(F)F)c2)cc1F. The Labute approximate surface area is 239 Å². The Morgan fingerprint density at radius 1 is 0.905 bits per heavy atom. The first kappa shape index (κ1) is 31.7. The third-order valence-corrected chi connectivity index (χ3v) is 5.75. The fraction of sp³-hybridized carbons (Fsp3) is 0.233. The molecule has 222 valence electrons. The molecule has 0 saturated heterocycles. The van der Waals surface area contributed by atoms with Crippen molar-refractivity contribution in [3.8, 4) is 5.75 Å². The van der Waals surface area contributed by atoms with Crippen LogP contribution in [0.1, 0.15) is 34.7 Å². The van der Waals surface area contributed by atoms with E-state index >= 15 is 4.39 Å². The number of methoxy groups -OCH3 is 2. The summed E-state index contributed by atoms with van der Waals surface area (Å²) in [5, 5.41) is 7.92. The van der Waals surface area contributed by atoms with Crippen molar-refractivity contribution in [2.24, 2.45) is 10.3 Å². The molecule has 0 bridgehead atoms. The van der Waals surface area contributed by atoms with Crippen molar-refractivity contribution >= 4 is 23.0 Å². The van der Waals surface area contributed by atoms with Gasteiger partial charge in [0, 0.05) is 17.2 Å². The van der Waals surface area contributed by atoms with E-state index in [0.29, 0.717) is 11.1 Å². The Bertz CT molecular complexity index is 1480. The summed E-state index contributed by atoms with van der Waals surface area (Å²) in [4.78, 5) is 22.6. The van der Waals surface area contributed by atoms with Crippen molar-refractivity contribution < 1.29 is 46.2 Å². The first-order chi connectivity index (χ1) is 20.1. The van der Waals surface area contributed by atoms with Crippen molar-refractivity contribution in [1.29, 1.82) is 0 Å². The summed E-state index contributed by atoms with van der Waals surface area (Å²) in [5.41, 5.74) is 0.977. The van der Waals surface area contributed by atoms with Gasteiger partial charge in [0.1, 0.15) is 48.9 Å². The number of benzene rings is 3. The minimum absolute atomic E-state index is 0.0181. The number of nitrogens with zero attached hydrogens (tertiary/aromatic N) is 2. The number of hydrogen-bond acceptors (Lipinski definition) is 8. The van der Waals surface area contributed by atoms with Crippen LogP contribution in [0, 0.1) is 5.82 Å². The van der Waals surface area contributed by atoms with Crippen molar-refractivity contribution in [1.82, 2.24) is 0 Å². The molecule has 0 N–H and O–H groups in total. The topological polar surface area (TPSA) is 87.9 Å². The predicted octanol–water partition coefficient (Wildman–Crippen LogP) is 6.53. The van der Waals surface area contributed by atoms with E-state index in [1.165, 1.54) is 58.8 Å². The molecular formula is C30H28F4N2O6. The zero-order valence-electron chi connectivity index (χ0n) is 23.2. The van der Waals surface area contributed by atoms with Crippen molar-refractivity contribution in [3.63, 3.8) is 0 Å². The Kier molecular flexibility index (Phi) is 11.1. The number of oxime groups is 2. The first-order valence-corrected chi connectivity index (χ1v) is 12.4. The van der Waals surface area contributed by atoms with Crippen molar-refractivity contribution in [3.05, 3.63) is 107 Å².